The molecule has 1 N–H and O–H groups in total. The Bertz CT molecular complexity index is 531. The Kier molecular flexibility index (Phi) is 3.24. The first-order valence-corrected chi connectivity index (χ1v) is 5.55. The number of hydrogen-bond donors (Lipinski definition) is 1. The molecule has 0 radical (unpaired) electrons. The van der Waals surface area contributed by atoms with E-state index >= 15 is 0 Å². The summed E-state index contributed by atoms with van der Waals surface area (Å²) in [5.74, 6) is -0.219. The van der Waals surface area contributed by atoms with Crippen molar-refractivity contribution in [3.8, 4) is 11.1 Å². The normalized spacial score (nSPS) is 10.8. The molecule has 1 aromatic carbocycles. The lowest BCUT2D eigenvalue weighted by molar-refractivity contribution is 0.627. The van der Waals surface area contributed by atoms with Crippen LogP contribution >= 0.6 is 0 Å². The smallest absolute Gasteiger partial charge is 0.123 e. The molecule has 2 rings (SSSR count). The molecular formula is C13H16FN3. The molecule has 4 heteroatoms. The summed E-state index contributed by atoms with van der Waals surface area (Å²) >= 11 is 0. The lowest BCUT2D eigenvalue weighted by Crippen LogP contribution is -2.06. The molecule has 0 unspecified atom stereocenters. The van der Waals surface area contributed by atoms with Gasteiger partial charge in [-0.05, 0) is 37.2 Å². The average molecular weight is 233 g/mol. The van der Waals surface area contributed by atoms with Crippen molar-refractivity contribution >= 4 is 0 Å². The summed E-state index contributed by atoms with van der Waals surface area (Å²) in [6.45, 7) is 2.69. The number of rotatable bonds is 3. The van der Waals surface area contributed by atoms with Crippen molar-refractivity contribution in [1.29, 1.82) is 0 Å². The molecule has 0 bridgehead atoms. The van der Waals surface area contributed by atoms with Crippen LogP contribution in [0.3, 0.4) is 0 Å². The Morgan fingerprint density at radius 2 is 2.12 bits per heavy atom. The van der Waals surface area contributed by atoms with Crippen molar-refractivity contribution in [1.82, 2.24) is 15.1 Å². The van der Waals surface area contributed by atoms with Gasteiger partial charge in [-0.1, -0.05) is 6.07 Å². The molecule has 90 valence electrons. The predicted octanol–water partition coefficient (Wildman–Crippen LogP) is 2.25. The maximum Gasteiger partial charge on any atom is 0.123 e. The fourth-order valence-corrected chi connectivity index (χ4v) is 1.91. The summed E-state index contributed by atoms with van der Waals surface area (Å²) in [4.78, 5) is 0. The van der Waals surface area contributed by atoms with Crippen LogP contribution in [0.4, 0.5) is 4.39 Å². The molecule has 0 spiro atoms. The van der Waals surface area contributed by atoms with Gasteiger partial charge in [0.15, 0.2) is 0 Å². The molecule has 0 fully saturated rings. The Labute approximate surface area is 100 Å². The molecule has 17 heavy (non-hydrogen) atoms. The van der Waals surface area contributed by atoms with E-state index in [0.717, 1.165) is 22.4 Å². The van der Waals surface area contributed by atoms with Crippen molar-refractivity contribution in [2.75, 3.05) is 7.05 Å². The van der Waals surface area contributed by atoms with Crippen LogP contribution in [0.15, 0.2) is 24.4 Å². The molecule has 0 amide bonds. The molecule has 2 aromatic rings. The van der Waals surface area contributed by atoms with E-state index in [4.69, 9.17) is 0 Å². The van der Waals surface area contributed by atoms with E-state index in [2.05, 4.69) is 10.4 Å². The van der Waals surface area contributed by atoms with Crippen molar-refractivity contribution in [3.05, 3.63) is 41.5 Å². The number of hydrogen-bond acceptors (Lipinski definition) is 2. The van der Waals surface area contributed by atoms with Gasteiger partial charge in [0.25, 0.3) is 0 Å². The van der Waals surface area contributed by atoms with Crippen LogP contribution in [0.25, 0.3) is 11.1 Å². The van der Waals surface area contributed by atoms with E-state index < -0.39 is 0 Å². The number of benzene rings is 1. The largest absolute Gasteiger partial charge is 0.316 e. The van der Waals surface area contributed by atoms with Gasteiger partial charge >= 0.3 is 0 Å². The Balaban J connectivity index is 2.56. The average Bonchev–Trinajstić information content (AvgIpc) is 2.63. The second-order valence-corrected chi connectivity index (χ2v) is 4.10. The highest BCUT2D eigenvalue weighted by Crippen LogP contribution is 2.27. The minimum absolute atomic E-state index is 0.219. The Hall–Kier alpha value is -1.68. The van der Waals surface area contributed by atoms with Crippen LogP contribution in [-0.4, -0.2) is 16.8 Å². The van der Waals surface area contributed by atoms with Crippen molar-refractivity contribution < 1.29 is 4.39 Å². The predicted molar refractivity (Wildman–Crippen MR) is 66.1 cm³/mol. The fraction of sp³-hybridized carbons (Fsp3) is 0.308. The van der Waals surface area contributed by atoms with E-state index in [-0.39, 0.29) is 5.82 Å². The van der Waals surface area contributed by atoms with Gasteiger partial charge in [-0.2, -0.15) is 5.10 Å². The van der Waals surface area contributed by atoms with E-state index in [1.807, 2.05) is 27.1 Å². The van der Waals surface area contributed by atoms with Crippen molar-refractivity contribution in [2.24, 2.45) is 7.05 Å². The van der Waals surface area contributed by atoms with Crippen LogP contribution in [0, 0.1) is 12.7 Å². The van der Waals surface area contributed by atoms with Gasteiger partial charge in [0.05, 0.1) is 6.20 Å². The quantitative estimate of drug-likeness (QED) is 0.881. The second-order valence-electron chi connectivity index (χ2n) is 4.10. The van der Waals surface area contributed by atoms with Gasteiger partial charge in [0, 0.05) is 24.8 Å². The van der Waals surface area contributed by atoms with Gasteiger partial charge in [0.2, 0.25) is 0 Å². The zero-order chi connectivity index (χ0) is 12.4. The van der Waals surface area contributed by atoms with E-state index in [1.165, 1.54) is 6.07 Å². The van der Waals surface area contributed by atoms with Crippen LogP contribution in [-0.2, 0) is 13.6 Å². The molecule has 0 saturated carbocycles. The molecular weight excluding hydrogens is 217 g/mol. The zero-order valence-electron chi connectivity index (χ0n) is 10.3. The first-order valence-electron chi connectivity index (χ1n) is 5.55. The third-order valence-electron chi connectivity index (χ3n) is 2.96. The molecule has 0 aliphatic heterocycles. The van der Waals surface area contributed by atoms with Gasteiger partial charge in [-0.25, -0.2) is 4.39 Å². The first-order chi connectivity index (χ1) is 8.13. The van der Waals surface area contributed by atoms with Gasteiger partial charge < -0.3 is 5.32 Å². The van der Waals surface area contributed by atoms with Gasteiger partial charge in [-0.15, -0.1) is 0 Å². The van der Waals surface area contributed by atoms with E-state index in [9.17, 15) is 4.39 Å². The molecule has 0 aliphatic rings. The summed E-state index contributed by atoms with van der Waals surface area (Å²) in [5.41, 5.74) is 4.00. The maximum absolute atomic E-state index is 13.4. The number of aromatic nitrogens is 2. The summed E-state index contributed by atoms with van der Waals surface area (Å²) in [6.07, 6.45) is 1.78. The third-order valence-corrected chi connectivity index (χ3v) is 2.96. The monoisotopic (exact) mass is 233 g/mol. The van der Waals surface area contributed by atoms with Crippen LogP contribution in [0.2, 0.25) is 0 Å². The van der Waals surface area contributed by atoms with Crippen LogP contribution in [0.5, 0.6) is 0 Å². The third kappa shape index (κ3) is 2.22. The van der Waals surface area contributed by atoms with E-state index in [1.54, 1.807) is 16.9 Å². The van der Waals surface area contributed by atoms with Crippen molar-refractivity contribution in [2.45, 2.75) is 13.5 Å². The minimum atomic E-state index is -0.219. The van der Waals surface area contributed by atoms with Gasteiger partial charge in [-0.3, -0.25) is 4.68 Å². The minimum Gasteiger partial charge on any atom is -0.316 e. The van der Waals surface area contributed by atoms with E-state index in [0.29, 0.717) is 6.54 Å². The molecule has 3 nitrogen and oxygen atoms in total. The zero-order valence-corrected chi connectivity index (χ0v) is 10.3. The molecule has 0 aliphatic carbocycles. The molecule has 1 aromatic heterocycles. The van der Waals surface area contributed by atoms with Crippen LogP contribution in [0.1, 0.15) is 11.3 Å². The summed E-state index contributed by atoms with van der Waals surface area (Å²) in [6, 6.07) is 4.87. The highest BCUT2D eigenvalue weighted by molar-refractivity contribution is 5.69. The molecule has 0 atom stereocenters. The first kappa shape index (κ1) is 11.8. The second kappa shape index (κ2) is 4.67. The SMILES string of the molecule is CNCc1ccc(F)cc1-c1cnn(C)c1C. The Morgan fingerprint density at radius 3 is 2.71 bits per heavy atom. The lowest BCUT2D eigenvalue weighted by atomic mass is 10.00. The summed E-state index contributed by atoms with van der Waals surface area (Å²) in [7, 11) is 3.76. The standard InChI is InChI=1S/C13H16FN3/c1-9-13(8-16-17(9)3)12-6-11(14)5-4-10(12)7-15-2/h4-6,8,15H,7H2,1-3H3. The number of nitrogens with zero attached hydrogens (tertiary/aromatic N) is 2. The van der Waals surface area contributed by atoms with Gasteiger partial charge in [0.1, 0.15) is 5.82 Å². The van der Waals surface area contributed by atoms with Crippen molar-refractivity contribution in [3.63, 3.8) is 0 Å². The highest BCUT2D eigenvalue weighted by Gasteiger charge is 2.11. The summed E-state index contributed by atoms with van der Waals surface area (Å²) < 4.78 is 15.2. The molecule has 0 saturated heterocycles. The number of halogens is 1. The topological polar surface area (TPSA) is 29.9 Å². The molecule has 1 heterocycles. The fourth-order valence-electron chi connectivity index (χ4n) is 1.91. The maximum atomic E-state index is 13.4. The lowest BCUT2D eigenvalue weighted by Gasteiger charge is -2.09. The number of aryl methyl sites for hydroxylation is 1. The highest BCUT2D eigenvalue weighted by atomic mass is 19.1. The summed E-state index contributed by atoms with van der Waals surface area (Å²) in [5, 5.41) is 7.29. The van der Waals surface area contributed by atoms with Crippen LogP contribution < -0.4 is 5.32 Å². The number of nitrogens with one attached hydrogen (secondary N) is 1. The Morgan fingerprint density at radius 1 is 1.35 bits per heavy atom.